The van der Waals surface area contributed by atoms with Crippen molar-refractivity contribution < 1.29 is 14.3 Å². The van der Waals surface area contributed by atoms with Crippen LogP contribution in [0.2, 0.25) is 0 Å². The highest BCUT2D eigenvalue weighted by Gasteiger charge is 2.26. The maximum absolute atomic E-state index is 12.6. The van der Waals surface area contributed by atoms with Crippen LogP contribution in [0.3, 0.4) is 0 Å². The van der Waals surface area contributed by atoms with Crippen molar-refractivity contribution in [2.75, 3.05) is 13.7 Å². The highest BCUT2D eigenvalue weighted by atomic mass is 16.5. The number of para-hydroxylation sites is 1. The van der Waals surface area contributed by atoms with E-state index in [0.717, 1.165) is 22.7 Å². The van der Waals surface area contributed by atoms with Gasteiger partial charge >= 0.3 is 0 Å². The Bertz CT molecular complexity index is 942. The average Bonchev–Trinajstić information content (AvgIpc) is 3.20. The number of ether oxygens (including phenoxy) is 2. The molecule has 0 fully saturated rings. The highest BCUT2D eigenvalue weighted by molar-refractivity contribution is 5.79. The predicted octanol–water partition coefficient (Wildman–Crippen LogP) is 1.54. The average molecular weight is 365 g/mol. The van der Waals surface area contributed by atoms with Gasteiger partial charge in [0.15, 0.2) is 5.82 Å². The summed E-state index contributed by atoms with van der Waals surface area (Å²) in [6, 6.07) is 15.2. The van der Waals surface area contributed by atoms with Crippen molar-refractivity contribution in [3.8, 4) is 17.2 Å². The zero-order valence-electron chi connectivity index (χ0n) is 14.8. The van der Waals surface area contributed by atoms with Crippen LogP contribution < -0.4 is 14.8 Å². The van der Waals surface area contributed by atoms with Crippen molar-refractivity contribution in [3.63, 3.8) is 0 Å². The van der Waals surface area contributed by atoms with Crippen molar-refractivity contribution >= 4 is 5.91 Å². The number of nitrogens with zero attached hydrogens (tertiary/aromatic N) is 4. The molecule has 1 aliphatic rings. The van der Waals surface area contributed by atoms with Gasteiger partial charge in [-0.05, 0) is 40.6 Å². The predicted molar refractivity (Wildman–Crippen MR) is 96.7 cm³/mol. The van der Waals surface area contributed by atoms with E-state index in [-0.39, 0.29) is 18.4 Å². The maximum atomic E-state index is 12.6. The van der Waals surface area contributed by atoms with Crippen molar-refractivity contribution in [1.29, 1.82) is 0 Å². The second kappa shape index (κ2) is 7.45. The van der Waals surface area contributed by atoms with Gasteiger partial charge in [0.05, 0.1) is 25.3 Å². The molecule has 1 aliphatic heterocycles. The third-order valence-electron chi connectivity index (χ3n) is 4.51. The number of hydrogen-bond donors (Lipinski definition) is 1. The molecule has 0 aliphatic carbocycles. The van der Waals surface area contributed by atoms with Crippen LogP contribution in [-0.4, -0.2) is 39.8 Å². The lowest BCUT2D eigenvalue weighted by molar-refractivity contribution is -0.126. The number of fused-ring (bicyclic) bond motifs is 1. The van der Waals surface area contributed by atoms with Crippen LogP contribution in [0.5, 0.6) is 11.5 Å². The summed E-state index contributed by atoms with van der Waals surface area (Å²) in [6.45, 7) is 0.572. The summed E-state index contributed by atoms with van der Waals surface area (Å²) in [5.41, 5.74) is 1.84. The Morgan fingerprint density at radius 1 is 1.30 bits per heavy atom. The van der Waals surface area contributed by atoms with Crippen molar-refractivity contribution in [3.05, 3.63) is 59.9 Å². The molecule has 3 aromatic rings. The molecule has 0 unspecified atom stereocenters. The van der Waals surface area contributed by atoms with Crippen molar-refractivity contribution in [2.45, 2.75) is 13.0 Å². The van der Waals surface area contributed by atoms with Gasteiger partial charge in [-0.25, -0.2) is 0 Å². The van der Waals surface area contributed by atoms with Crippen LogP contribution >= 0.6 is 0 Å². The number of nitrogens with one attached hydrogen (secondary N) is 1. The first-order valence-electron chi connectivity index (χ1n) is 8.64. The molecule has 8 nitrogen and oxygen atoms in total. The lowest BCUT2D eigenvalue weighted by atomic mass is 9.96. The Balaban J connectivity index is 1.40. The van der Waals surface area contributed by atoms with E-state index in [1.165, 1.54) is 0 Å². The number of carbonyl (C=O) groups excluding carboxylic acids is 1. The fraction of sp³-hybridized carbons (Fsp3) is 0.263. The fourth-order valence-corrected chi connectivity index (χ4v) is 3.04. The minimum absolute atomic E-state index is 0.0842. The quantitative estimate of drug-likeness (QED) is 0.737. The highest BCUT2D eigenvalue weighted by Crippen LogP contribution is 2.31. The minimum Gasteiger partial charge on any atom is -0.497 e. The van der Waals surface area contributed by atoms with Gasteiger partial charge in [-0.3, -0.25) is 4.79 Å². The topological polar surface area (TPSA) is 91.2 Å². The number of hydrogen-bond acceptors (Lipinski definition) is 6. The van der Waals surface area contributed by atoms with Crippen LogP contribution in [0.25, 0.3) is 5.69 Å². The summed E-state index contributed by atoms with van der Waals surface area (Å²) in [5, 5.41) is 14.6. The number of rotatable bonds is 5. The van der Waals surface area contributed by atoms with Gasteiger partial charge in [-0.2, -0.15) is 4.68 Å². The SMILES string of the molecule is COc1ccc2c(c1)OC[C@H](C(=O)NCc1nnnn1-c1ccccc1)C2. The molecule has 0 radical (unpaired) electrons. The maximum Gasteiger partial charge on any atom is 0.227 e. The van der Waals surface area contributed by atoms with Gasteiger partial charge in [0, 0.05) is 6.07 Å². The molecule has 0 bridgehead atoms. The van der Waals surface area contributed by atoms with E-state index >= 15 is 0 Å². The Morgan fingerprint density at radius 3 is 2.96 bits per heavy atom. The molecule has 1 amide bonds. The van der Waals surface area contributed by atoms with Gasteiger partial charge in [0.25, 0.3) is 0 Å². The van der Waals surface area contributed by atoms with Gasteiger partial charge in [0.1, 0.15) is 18.1 Å². The normalized spacial score (nSPS) is 15.5. The molecule has 0 saturated heterocycles. The first-order chi connectivity index (χ1) is 13.2. The molecule has 8 heteroatoms. The number of tetrazole rings is 1. The van der Waals surface area contributed by atoms with Gasteiger partial charge in [-0.1, -0.05) is 24.3 Å². The fourth-order valence-electron chi connectivity index (χ4n) is 3.04. The van der Waals surface area contributed by atoms with Crippen molar-refractivity contribution in [1.82, 2.24) is 25.5 Å². The number of aromatic nitrogens is 4. The molecular weight excluding hydrogens is 346 g/mol. The van der Waals surface area contributed by atoms with Crippen LogP contribution in [0.4, 0.5) is 0 Å². The zero-order chi connectivity index (χ0) is 18.6. The van der Waals surface area contributed by atoms with Crippen LogP contribution in [0, 0.1) is 5.92 Å². The van der Waals surface area contributed by atoms with E-state index in [0.29, 0.717) is 18.9 Å². The van der Waals surface area contributed by atoms with E-state index in [9.17, 15) is 4.79 Å². The summed E-state index contributed by atoms with van der Waals surface area (Å²) in [7, 11) is 1.61. The van der Waals surface area contributed by atoms with E-state index in [1.807, 2.05) is 48.5 Å². The summed E-state index contributed by atoms with van der Waals surface area (Å²) in [4.78, 5) is 12.6. The third-order valence-corrected chi connectivity index (χ3v) is 4.51. The van der Waals surface area contributed by atoms with E-state index in [2.05, 4.69) is 20.8 Å². The van der Waals surface area contributed by atoms with E-state index in [1.54, 1.807) is 11.8 Å². The smallest absolute Gasteiger partial charge is 0.227 e. The van der Waals surface area contributed by atoms with E-state index < -0.39 is 0 Å². The zero-order valence-corrected chi connectivity index (χ0v) is 14.8. The van der Waals surface area contributed by atoms with Crippen LogP contribution in [0.1, 0.15) is 11.4 Å². The molecule has 0 saturated carbocycles. The number of amides is 1. The Kier molecular flexibility index (Phi) is 4.69. The summed E-state index contributed by atoms with van der Waals surface area (Å²) < 4.78 is 12.6. The lowest BCUT2D eigenvalue weighted by Gasteiger charge is -2.24. The summed E-state index contributed by atoms with van der Waals surface area (Å²) in [6.07, 6.45) is 0.620. The second-order valence-electron chi connectivity index (χ2n) is 6.25. The monoisotopic (exact) mass is 365 g/mol. The number of benzene rings is 2. The Hall–Kier alpha value is -3.42. The Labute approximate surface area is 156 Å². The molecule has 0 spiro atoms. The van der Waals surface area contributed by atoms with Gasteiger partial charge in [0.2, 0.25) is 5.91 Å². The summed E-state index contributed by atoms with van der Waals surface area (Å²) >= 11 is 0. The third kappa shape index (κ3) is 3.59. The van der Waals surface area contributed by atoms with Gasteiger partial charge in [-0.15, -0.1) is 5.10 Å². The Morgan fingerprint density at radius 2 is 2.15 bits per heavy atom. The molecule has 1 aromatic heterocycles. The van der Waals surface area contributed by atoms with Crippen LogP contribution in [0.15, 0.2) is 48.5 Å². The minimum atomic E-state index is -0.257. The largest absolute Gasteiger partial charge is 0.497 e. The molecule has 1 atom stereocenters. The molecule has 2 heterocycles. The summed E-state index contributed by atoms with van der Waals surface area (Å²) in [5.74, 6) is 1.73. The van der Waals surface area contributed by atoms with Crippen molar-refractivity contribution in [2.24, 2.45) is 5.92 Å². The lowest BCUT2D eigenvalue weighted by Crippen LogP contribution is -2.37. The van der Waals surface area contributed by atoms with Gasteiger partial charge < -0.3 is 14.8 Å². The number of carbonyl (C=O) groups is 1. The van der Waals surface area contributed by atoms with E-state index in [4.69, 9.17) is 9.47 Å². The second-order valence-corrected chi connectivity index (χ2v) is 6.25. The standard InChI is InChI=1S/C19H19N5O3/c1-26-16-8-7-13-9-14(12-27-17(13)10-16)19(25)20-11-18-21-22-23-24(18)15-5-3-2-4-6-15/h2-8,10,14H,9,11-12H2,1H3,(H,20,25)/t14-/m1/s1. The number of methoxy groups -OCH3 is 1. The molecule has 27 heavy (non-hydrogen) atoms. The molecule has 1 N–H and O–H groups in total. The molecular formula is C19H19N5O3. The molecule has 4 rings (SSSR count). The van der Waals surface area contributed by atoms with Crippen LogP contribution in [-0.2, 0) is 17.8 Å². The molecule has 138 valence electrons. The molecule has 2 aromatic carbocycles. The first kappa shape index (κ1) is 17.0. The first-order valence-corrected chi connectivity index (χ1v) is 8.64.